The van der Waals surface area contributed by atoms with E-state index in [1.807, 2.05) is 54.0 Å². The summed E-state index contributed by atoms with van der Waals surface area (Å²) in [7, 11) is 3.77. The molecule has 1 aliphatic rings. The molecular weight excluding hydrogens is 395 g/mol. The van der Waals surface area contributed by atoms with Gasteiger partial charge in [0.1, 0.15) is 5.82 Å². The molecule has 7 heteroatoms. The number of hydrogen-bond acceptors (Lipinski definition) is 4. The first kappa shape index (κ1) is 19.0. The van der Waals surface area contributed by atoms with Crippen LogP contribution in [0, 0.1) is 5.82 Å². The molecule has 0 spiro atoms. The standard InChI is InChI=1S/C24H19FN4O2/c1-28(16-5-3-4-15(25)12-16)17-6-7-19-22(13-17)29(2)27-23(19)14-10-20-18(24(30)31)8-9-26-21(20)11-14/h3-9,11-13H,10H2,1-2H3,(H,30,31). The smallest absolute Gasteiger partial charge is 0.336 e. The number of carboxylic acid groups (broad SMARTS) is 1. The highest BCUT2D eigenvalue weighted by atomic mass is 19.1. The van der Waals surface area contributed by atoms with Crippen LogP contribution >= 0.6 is 0 Å². The Bertz CT molecular complexity index is 1390. The van der Waals surface area contributed by atoms with Gasteiger partial charge in [-0.1, -0.05) is 6.07 Å². The highest BCUT2D eigenvalue weighted by Gasteiger charge is 2.24. The molecular formula is C24H19FN4O2. The predicted molar refractivity (Wildman–Crippen MR) is 118 cm³/mol. The molecule has 0 unspecified atom stereocenters. The maximum Gasteiger partial charge on any atom is 0.336 e. The number of halogens is 1. The summed E-state index contributed by atoms with van der Waals surface area (Å²) in [5.74, 6) is -1.24. The highest BCUT2D eigenvalue weighted by Crippen LogP contribution is 2.36. The third-order valence-electron chi connectivity index (χ3n) is 5.72. The fraction of sp³-hybridized carbons (Fsp3) is 0.125. The third kappa shape index (κ3) is 3.15. The summed E-state index contributed by atoms with van der Waals surface area (Å²) in [6.07, 6.45) is 3.91. The van der Waals surface area contributed by atoms with Crippen molar-refractivity contribution in [1.29, 1.82) is 0 Å². The number of pyridine rings is 1. The molecule has 0 radical (unpaired) electrons. The molecule has 0 atom stereocenters. The fourth-order valence-electron chi connectivity index (χ4n) is 4.10. The van der Waals surface area contributed by atoms with E-state index in [-0.39, 0.29) is 11.4 Å². The Hall–Kier alpha value is -4.00. The van der Waals surface area contributed by atoms with E-state index in [1.54, 1.807) is 6.07 Å². The van der Waals surface area contributed by atoms with E-state index in [0.717, 1.165) is 33.5 Å². The van der Waals surface area contributed by atoms with E-state index in [1.165, 1.54) is 24.4 Å². The predicted octanol–water partition coefficient (Wildman–Crippen LogP) is 4.67. The largest absolute Gasteiger partial charge is 0.478 e. The number of anilines is 2. The zero-order valence-electron chi connectivity index (χ0n) is 17.0. The van der Waals surface area contributed by atoms with Gasteiger partial charge in [-0.2, -0.15) is 5.10 Å². The first-order valence-corrected chi connectivity index (χ1v) is 9.80. The Labute approximate surface area is 177 Å². The lowest BCUT2D eigenvalue weighted by atomic mass is 10.0. The van der Waals surface area contributed by atoms with Crippen molar-refractivity contribution in [2.24, 2.45) is 7.05 Å². The van der Waals surface area contributed by atoms with Crippen molar-refractivity contribution in [1.82, 2.24) is 14.8 Å². The molecule has 0 fully saturated rings. The summed E-state index contributed by atoms with van der Waals surface area (Å²) >= 11 is 0. The van der Waals surface area contributed by atoms with Crippen molar-refractivity contribution in [2.75, 3.05) is 11.9 Å². The van der Waals surface area contributed by atoms with Gasteiger partial charge in [0.25, 0.3) is 0 Å². The summed E-state index contributed by atoms with van der Waals surface area (Å²) in [6, 6.07) is 14.0. The lowest BCUT2D eigenvalue weighted by Crippen LogP contribution is -2.09. The van der Waals surface area contributed by atoms with Gasteiger partial charge in [0.15, 0.2) is 0 Å². The minimum atomic E-state index is -0.954. The number of aryl methyl sites for hydroxylation is 1. The van der Waals surface area contributed by atoms with Gasteiger partial charge >= 0.3 is 5.97 Å². The number of hydrogen-bond donors (Lipinski definition) is 1. The van der Waals surface area contributed by atoms with Crippen LogP contribution in [0.3, 0.4) is 0 Å². The lowest BCUT2D eigenvalue weighted by Gasteiger charge is -2.19. The van der Waals surface area contributed by atoms with Crippen molar-refractivity contribution >= 4 is 39.9 Å². The first-order chi connectivity index (χ1) is 14.9. The first-order valence-electron chi connectivity index (χ1n) is 9.80. The normalized spacial score (nSPS) is 12.7. The van der Waals surface area contributed by atoms with E-state index in [2.05, 4.69) is 4.98 Å². The maximum absolute atomic E-state index is 13.6. The molecule has 0 amide bonds. The minimum absolute atomic E-state index is 0.274. The van der Waals surface area contributed by atoms with Crippen molar-refractivity contribution in [3.05, 3.63) is 83.1 Å². The summed E-state index contributed by atoms with van der Waals surface area (Å²) < 4.78 is 15.4. The van der Waals surface area contributed by atoms with Crippen molar-refractivity contribution in [3.8, 4) is 0 Å². The molecule has 0 aliphatic heterocycles. The second kappa shape index (κ2) is 7.05. The molecule has 31 heavy (non-hydrogen) atoms. The van der Waals surface area contributed by atoms with Gasteiger partial charge in [0, 0.05) is 43.5 Å². The molecule has 0 saturated heterocycles. The average molecular weight is 414 g/mol. The van der Waals surface area contributed by atoms with Crippen molar-refractivity contribution < 1.29 is 14.3 Å². The summed E-state index contributed by atoms with van der Waals surface area (Å²) in [5, 5.41) is 15.2. The Morgan fingerprint density at radius 2 is 1.97 bits per heavy atom. The lowest BCUT2D eigenvalue weighted by molar-refractivity contribution is 0.0695. The van der Waals surface area contributed by atoms with E-state index in [4.69, 9.17) is 5.10 Å². The van der Waals surface area contributed by atoms with Gasteiger partial charge < -0.3 is 10.0 Å². The maximum atomic E-state index is 13.6. The Kier molecular flexibility index (Phi) is 4.32. The van der Waals surface area contributed by atoms with Gasteiger partial charge in [-0.15, -0.1) is 0 Å². The van der Waals surface area contributed by atoms with Crippen LogP contribution < -0.4 is 4.90 Å². The average Bonchev–Trinajstić information content (AvgIpc) is 3.33. The molecule has 2 aromatic heterocycles. The van der Waals surface area contributed by atoms with Crippen LogP contribution in [0.5, 0.6) is 0 Å². The minimum Gasteiger partial charge on any atom is -0.478 e. The van der Waals surface area contributed by atoms with Crippen LogP contribution in [0.25, 0.3) is 22.6 Å². The Balaban J connectivity index is 1.54. The number of aromatic carboxylic acids is 1. The number of benzene rings is 2. The van der Waals surface area contributed by atoms with Gasteiger partial charge in [0.2, 0.25) is 0 Å². The molecule has 2 aromatic carbocycles. The van der Waals surface area contributed by atoms with Gasteiger partial charge in [-0.05, 0) is 59.7 Å². The number of aromatic nitrogens is 3. The number of nitrogens with zero attached hydrogens (tertiary/aromatic N) is 4. The van der Waals surface area contributed by atoms with E-state index in [0.29, 0.717) is 17.7 Å². The van der Waals surface area contributed by atoms with Crippen LogP contribution in [0.1, 0.15) is 27.3 Å². The highest BCUT2D eigenvalue weighted by molar-refractivity contribution is 6.01. The number of rotatable bonds is 4. The third-order valence-corrected chi connectivity index (χ3v) is 5.72. The number of carboxylic acids is 1. The monoisotopic (exact) mass is 414 g/mol. The Morgan fingerprint density at radius 1 is 1.16 bits per heavy atom. The van der Waals surface area contributed by atoms with Gasteiger partial charge in [-0.3, -0.25) is 9.67 Å². The van der Waals surface area contributed by atoms with E-state index < -0.39 is 5.97 Å². The van der Waals surface area contributed by atoms with Crippen LogP contribution in [0.15, 0.2) is 54.7 Å². The topological polar surface area (TPSA) is 71.2 Å². The zero-order chi connectivity index (χ0) is 21.7. The molecule has 5 rings (SSSR count). The second-order valence-electron chi connectivity index (χ2n) is 7.59. The molecule has 0 bridgehead atoms. The Morgan fingerprint density at radius 3 is 2.74 bits per heavy atom. The zero-order valence-corrected chi connectivity index (χ0v) is 17.0. The molecule has 1 aliphatic carbocycles. The van der Waals surface area contributed by atoms with Crippen LogP contribution in [0.2, 0.25) is 0 Å². The van der Waals surface area contributed by atoms with E-state index in [9.17, 15) is 14.3 Å². The molecule has 0 saturated carbocycles. The molecule has 154 valence electrons. The summed E-state index contributed by atoms with van der Waals surface area (Å²) in [6.45, 7) is 0. The van der Waals surface area contributed by atoms with Crippen LogP contribution in [-0.2, 0) is 13.5 Å². The number of fused-ring (bicyclic) bond motifs is 2. The van der Waals surface area contributed by atoms with Gasteiger partial charge in [0.05, 0.1) is 22.5 Å². The fourth-order valence-corrected chi connectivity index (χ4v) is 4.10. The van der Waals surface area contributed by atoms with Crippen LogP contribution in [-0.4, -0.2) is 32.9 Å². The van der Waals surface area contributed by atoms with Crippen molar-refractivity contribution in [2.45, 2.75) is 6.42 Å². The van der Waals surface area contributed by atoms with Crippen molar-refractivity contribution in [3.63, 3.8) is 0 Å². The van der Waals surface area contributed by atoms with Gasteiger partial charge in [-0.25, -0.2) is 9.18 Å². The molecule has 2 heterocycles. The summed E-state index contributed by atoms with van der Waals surface area (Å²) in [5.41, 5.74) is 6.01. The quantitative estimate of drug-likeness (QED) is 0.525. The van der Waals surface area contributed by atoms with E-state index >= 15 is 0 Å². The molecule has 6 nitrogen and oxygen atoms in total. The second-order valence-corrected chi connectivity index (χ2v) is 7.59. The number of allylic oxidation sites excluding steroid dienone is 1. The summed E-state index contributed by atoms with van der Waals surface area (Å²) in [4.78, 5) is 17.8. The molecule has 4 aromatic rings. The SMILES string of the molecule is CN(c1cccc(F)c1)c1ccc2c(C3=Cc4nccc(C(=O)O)c4C3)nn(C)c2c1. The molecule has 1 N–H and O–H groups in total. The number of carbonyl (C=O) groups is 1. The van der Waals surface area contributed by atoms with Crippen LogP contribution in [0.4, 0.5) is 15.8 Å².